The molecule has 7 heteroatoms. The Labute approximate surface area is 125 Å². The molecule has 2 rings (SSSR count). The summed E-state index contributed by atoms with van der Waals surface area (Å²) in [6, 6.07) is 7.12. The molecule has 2 aromatic rings. The molecule has 0 radical (unpaired) electrons. The molecule has 0 bridgehead atoms. The minimum Gasteiger partial charge on any atom is -0.373 e. The Hall–Kier alpha value is -1.17. The first-order chi connectivity index (χ1) is 9.13. The zero-order chi connectivity index (χ0) is 13.8. The Morgan fingerprint density at radius 1 is 1.11 bits per heavy atom. The van der Waals surface area contributed by atoms with Crippen molar-refractivity contribution < 1.29 is 0 Å². The average molecular weight is 315 g/mol. The molecule has 1 heterocycles. The number of thioether (sulfide) groups is 1. The number of hydrogen-bond donors (Lipinski definition) is 2. The monoisotopic (exact) mass is 314 g/mol. The second-order valence-corrected chi connectivity index (χ2v) is 5.18. The third kappa shape index (κ3) is 3.43. The highest BCUT2D eigenvalue weighted by Gasteiger charge is 2.08. The molecular weight excluding hydrogens is 303 g/mol. The highest BCUT2D eigenvalue weighted by molar-refractivity contribution is 7.98. The van der Waals surface area contributed by atoms with E-state index in [2.05, 4.69) is 20.6 Å². The van der Waals surface area contributed by atoms with Crippen LogP contribution in [-0.2, 0) is 0 Å². The van der Waals surface area contributed by atoms with E-state index in [4.69, 9.17) is 23.2 Å². The highest BCUT2D eigenvalue weighted by Crippen LogP contribution is 2.32. The van der Waals surface area contributed by atoms with Crippen LogP contribution in [0, 0.1) is 0 Å². The van der Waals surface area contributed by atoms with Crippen LogP contribution in [0.5, 0.6) is 0 Å². The predicted molar refractivity (Wildman–Crippen MR) is 83.1 cm³/mol. The first-order valence-corrected chi connectivity index (χ1v) is 7.44. The maximum Gasteiger partial charge on any atom is 0.191 e. The van der Waals surface area contributed by atoms with Gasteiger partial charge in [-0.25, -0.2) is 9.97 Å². The lowest BCUT2D eigenvalue weighted by Crippen LogP contribution is -2.01. The molecule has 0 spiro atoms. The number of halogens is 2. The SMILES string of the molecule is CNc1cc(Nc2c(Cl)cccc2Cl)nc(SC)n1. The summed E-state index contributed by atoms with van der Waals surface area (Å²) in [5, 5.41) is 7.86. The lowest BCUT2D eigenvalue weighted by atomic mass is 10.3. The number of anilines is 3. The van der Waals surface area contributed by atoms with Crippen LogP contribution in [0.2, 0.25) is 10.0 Å². The maximum atomic E-state index is 6.12. The van der Waals surface area contributed by atoms with Crippen molar-refractivity contribution in [1.29, 1.82) is 0 Å². The van der Waals surface area contributed by atoms with Crippen LogP contribution in [0.4, 0.5) is 17.3 Å². The summed E-state index contributed by atoms with van der Waals surface area (Å²) in [7, 11) is 1.80. The van der Waals surface area contributed by atoms with Gasteiger partial charge in [0.25, 0.3) is 0 Å². The fraction of sp³-hybridized carbons (Fsp3) is 0.167. The third-order valence-electron chi connectivity index (χ3n) is 2.36. The lowest BCUT2D eigenvalue weighted by molar-refractivity contribution is 0.977. The second kappa shape index (κ2) is 6.32. The quantitative estimate of drug-likeness (QED) is 0.651. The van der Waals surface area contributed by atoms with Gasteiger partial charge in [0.05, 0.1) is 15.7 Å². The van der Waals surface area contributed by atoms with Crippen LogP contribution < -0.4 is 10.6 Å². The standard InChI is InChI=1S/C12H12Cl2N4S/c1-15-9-6-10(18-12(17-9)19-2)16-11-7(13)4-3-5-8(11)14/h3-6H,1-2H3,(H2,15,16,17,18). The molecule has 0 fully saturated rings. The van der Waals surface area contributed by atoms with Gasteiger partial charge in [-0.05, 0) is 18.4 Å². The molecule has 1 aromatic carbocycles. The van der Waals surface area contributed by atoms with Crippen molar-refractivity contribution in [2.75, 3.05) is 23.9 Å². The van der Waals surface area contributed by atoms with Gasteiger partial charge < -0.3 is 10.6 Å². The predicted octanol–water partition coefficient (Wildman–Crippen LogP) is 4.29. The molecule has 1 aromatic heterocycles. The molecule has 0 aliphatic rings. The van der Waals surface area contributed by atoms with Gasteiger partial charge in [-0.2, -0.15) is 0 Å². The first kappa shape index (κ1) is 14.2. The van der Waals surface area contributed by atoms with Crippen molar-refractivity contribution in [1.82, 2.24) is 9.97 Å². The zero-order valence-corrected chi connectivity index (χ0v) is 12.7. The summed E-state index contributed by atoms with van der Waals surface area (Å²) in [6.45, 7) is 0. The summed E-state index contributed by atoms with van der Waals surface area (Å²) in [6.07, 6.45) is 1.92. The van der Waals surface area contributed by atoms with Crippen molar-refractivity contribution in [2.24, 2.45) is 0 Å². The summed E-state index contributed by atoms with van der Waals surface area (Å²) in [4.78, 5) is 8.65. The Kier molecular flexibility index (Phi) is 4.74. The van der Waals surface area contributed by atoms with Crippen LogP contribution in [0.3, 0.4) is 0 Å². The molecule has 0 saturated carbocycles. The van der Waals surface area contributed by atoms with Crippen molar-refractivity contribution in [3.05, 3.63) is 34.3 Å². The Morgan fingerprint density at radius 2 is 1.74 bits per heavy atom. The number of nitrogens with one attached hydrogen (secondary N) is 2. The number of rotatable bonds is 4. The van der Waals surface area contributed by atoms with Gasteiger partial charge in [0.15, 0.2) is 5.16 Å². The molecule has 0 saturated heterocycles. The minimum absolute atomic E-state index is 0.544. The van der Waals surface area contributed by atoms with E-state index in [-0.39, 0.29) is 0 Å². The van der Waals surface area contributed by atoms with Crippen molar-refractivity contribution in [2.45, 2.75) is 5.16 Å². The van der Waals surface area contributed by atoms with E-state index in [0.29, 0.717) is 26.7 Å². The smallest absolute Gasteiger partial charge is 0.191 e. The molecule has 0 aliphatic carbocycles. The summed E-state index contributed by atoms with van der Waals surface area (Å²) >= 11 is 13.7. The van der Waals surface area contributed by atoms with E-state index in [0.717, 1.165) is 5.82 Å². The van der Waals surface area contributed by atoms with Crippen molar-refractivity contribution >= 4 is 52.3 Å². The first-order valence-electron chi connectivity index (χ1n) is 5.46. The van der Waals surface area contributed by atoms with Gasteiger partial charge in [0, 0.05) is 13.1 Å². The van der Waals surface area contributed by atoms with E-state index in [1.54, 1.807) is 31.3 Å². The van der Waals surface area contributed by atoms with Crippen LogP contribution >= 0.6 is 35.0 Å². The molecule has 0 atom stereocenters. The maximum absolute atomic E-state index is 6.12. The topological polar surface area (TPSA) is 49.8 Å². The van der Waals surface area contributed by atoms with Crippen molar-refractivity contribution in [3.63, 3.8) is 0 Å². The van der Waals surface area contributed by atoms with E-state index in [1.807, 2.05) is 6.26 Å². The Balaban J connectivity index is 2.37. The molecule has 0 aliphatic heterocycles. The fourth-order valence-corrected chi connectivity index (χ4v) is 2.33. The van der Waals surface area contributed by atoms with Crippen molar-refractivity contribution in [3.8, 4) is 0 Å². The van der Waals surface area contributed by atoms with E-state index in [1.165, 1.54) is 11.8 Å². The van der Waals surface area contributed by atoms with Crippen LogP contribution in [0.15, 0.2) is 29.4 Å². The van der Waals surface area contributed by atoms with E-state index < -0.39 is 0 Å². The Morgan fingerprint density at radius 3 is 2.32 bits per heavy atom. The fourth-order valence-electron chi connectivity index (χ4n) is 1.45. The number of para-hydroxylation sites is 1. The van der Waals surface area contributed by atoms with Gasteiger partial charge in [-0.1, -0.05) is 41.0 Å². The van der Waals surface area contributed by atoms with Gasteiger partial charge in [-0.3, -0.25) is 0 Å². The lowest BCUT2D eigenvalue weighted by Gasteiger charge is -2.11. The molecule has 0 unspecified atom stereocenters. The Bertz CT molecular complexity index is 549. The largest absolute Gasteiger partial charge is 0.373 e. The number of benzene rings is 1. The molecule has 0 amide bonds. The number of aromatic nitrogens is 2. The molecule has 2 N–H and O–H groups in total. The second-order valence-electron chi connectivity index (χ2n) is 3.60. The third-order valence-corrected chi connectivity index (χ3v) is 3.54. The van der Waals surface area contributed by atoms with Crippen LogP contribution in [0.1, 0.15) is 0 Å². The minimum atomic E-state index is 0.544. The molecule has 4 nitrogen and oxygen atoms in total. The molecule has 100 valence electrons. The van der Waals surface area contributed by atoms with Gasteiger partial charge >= 0.3 is 0 Å². The van der Waals surface area contributed by atoms with Gasteiger partial charge in [0.2, 0.25) is 0 Å². The molecule has 19 heavy (non-hydrogen) atoms. The zero-order valence-electron chi connectivity index (χ0n) is 10.4. The van der Waals surface area contributed by atoms with Crippen LogP contribution in [-0.4, -0.2) is 23.3 Å². The van der Waals surface area contributed by atoms with E-state index in [9.17, 15) is 0 Å². The van der Waals surface area contributed by atoms with Gasteiger partial charge in [-0.15, -0.1) is 0 Å². The number of hydrogen-bond acceptors (Lipinski definition) is 5. The number of nitrogens with zero attached hydrogens (tertiary/aromatic N) is 2. The average Bonchev–Trinajstić information content (AvgIpc) is 2.42. The van der Waals surface area contributed by atoms with Crippen LogP contribution in [0.25, 0.3) is 0 Å². The summed E-state index contributed by atoms with van der Waals surface area (Å²) in [5.74, 6) is 1.36. The molecular formula is C12H12Cl2N4S. The normalized spacial score (nSPS) is 10.3. The van der Waals surface area contributed by atoms with E-state index >= 15 is 0 Å². The summed E-state index contributed by atoms with van der Waals surface area (Å²) in [5.41, 5.74) is 0.638. The van der Waals surface area contributed by atoms with Gasteiger partial charge in [0.1, 0.15) is 11.6 Å². The highest BCUT2D eigenvalue weighted by atomic mass is 35.5. The summed E-state index contributed by atoms with van der Waals surface area (Å²) < 4.78 is 0.